The number of hydrogen-bond acceptors (Lipinski definition) is 4. The Kier molecular flexibility index (Phi) is 3.53. The second-order valence-corrected chi connectivity index (χ2v) is 6.91. The predicted octanol–water partition coefficient (Wildman–Crippen LogP) is -0.557. The minimum absolute atomic E-state index is 0.345. The van der Waals surface area contributed by atoms with E-state index in [0.29, 0.717) is 25.2 Å². The monoisotopic (exact) mass is 247 g/mol. The third kappa shape index (κ3) is 2.74. The lowest BCUT2D eigenvalue weighted by Gasteiger charge is -2.36. The molecule has 1 aliphatic heterocycles. The lowest BCUT2D eigenvalue weighted by atomic mass is 10.2. The fourth-order valence-corrected chi connectivity index (χ4v) is 3.55. The quantitative estimate of drug-likeness (QED) is 0.710. The minimum Gasteiger partial charge on any atom is -0.328 e. The molecule has 2 N–H and O–H groups in total. The van der Waals surface area contributed by atoms with Crippen LogP contribution in [0.1, 0.15) is 19.3 Å². The number of piperazine rings is 1. The Morgan fingerprint density at radius 3 is 2.19 bits per heavy atom. The summed E-state index contributed by atoms with van der Waals surface area (Å²) in [5, 5.41) is 0. The van der Waals surface area contributed by atoms with Gasteiger partial charge in [0.15, 0.2) is 0 Å². The van der Waals surface area contributed by atoms with Crippen LogP contribution in [0.5, 0.6) is 0 Å². The van der Waals surface area contributed by atoms with Crippen molar-refractivity contribution in [1.29, 1.82) is 0 Å². The van der Waals surface area contributed by atoms with Crippen molar-refractivity contribution in [3.63, 3.8) is 0 Å². The molecule has 2 atom stereocenters. The number of nitrogens with zero attached hydrogens (tertiary/aromatic N) is 2. The van der Waals surface area contributed by atoms with Gasteiger partial charge < -0.3 is 5.73 Å². The summed E-state index contributed by atoms with van der Waals surface area (Å²) in [7, 11) is -3.00. The first-order valence-electron chi connectivity index (χ1n) is 5.91. The van der Waals surface area contributed by atoms with Gasteiger partial charge in [-0.3, -0.25) is 4.90 Å². The van der Waals surface area contributed by atoms with E-state index < -0.39 is 10.0 Å². The number of rotatable bonds is 2. The van der Waals surface area contributed by atoms with E-state index in [1.807, 2.05) is 0 Å². The molecule has 0 aromatic heterocycles. The van der Waals surface area contributed by atoms with Gasteiger partial charge in [0.2, 0.25) is 10.0 Å². The van der Waals surface area contributed by atoms with Crippen LogP contribution in [0.4, 0.5) is 0 Å². The zero-order chi connectivity index (χ0) is 11.8. The zero-order valence-corrected chi connectivity index (χ0v) is 10.6. The average molecular weight is 247 g/mol. The van der Waals surface area contributed by atoms with Crippen molar-refractivity contribution < 1.29 is 8.42 Å². The SMILES string of the molecule is CS(=O)(=O)N1CCN(C2CCC(N)C2)CC1. The molecule has 2 aliphatic rings. The second kappa shape index (κ2) is 4.60. The Hall–Kier alpha value is -0.170. The van der Waals surface area contributed by atoms with E-state index in [2.05, 4.69) is 4.90 Å². The molecule has 5 nitrogen and oxygen atoms in total. The van der Waals surface area contributed by atoms with Crippen LogP contribution in [0.2, 0.25) is 0 Å². The molecule has 2 fully saturated rings. The topological polar surface area (TPSA) is 66.6 Å². The van der Waals surface area contributed by atoms with Gasteiger partial charge in [-0.15, -0.1) is 0 Å². The van der Waals surface area contributed by atoms with Crippen molar-refractivity contribution in [3.8, 4) is 0 Å². The van der Waals surface area contributed by atoms with Crippen LogP contribution in [0.25, 0.3) is 0 Å². The fraction of sp³-hybridized carbons (Fsp3) is 1.00. The van der Waals surface area contributed by atoms with E-state index in [1.54, 1.807) is 4.31 Å². The van der Waals surface area contributed by atoms with Gasteiger partial charge in [0.05, 0.1) is 6.26 Å². The zero-order valence-electron chi connectivity index (χ0n) is 9.80. The number of nitrogens with two attached hydrogens (primary N) is 1. The van der Waals surface area contributed by atoms with Crippen molar-refractivity contribution in [1.82, 2.24) is 9.21 Å². The molecule has 0 bridgehead atoms. The number of sulfonamides is 1. The van der Waals surface area contributed by atoms with Crippen molar-refractivity contribution in [3.05, 3.63) is 0 Å². The molecule has 1 saturated carbocycles. The van der Waals surface area contributed by atoms with E-state index in [1.165, 1.54) is 12.7 Å². The molecule has 16 heavy (non-hydrogen) atoms. The Morgan fingerprint density at radius 1 is 1.12 bits per heavy atom. The standard InChI is InChI=1S/C10H21N3O2S/c1-16(14,15)13-6-4-12(5-7-13)10-3-2-9(11)8-10/h9-10H,2-8,11H2,1H3. The normalized spacial score (nSPS) is 34.4. The largest absolute Gasteiger partial charge is 0.328 e. The first-order chi connectivity index (χ1) is 7.47. The van der Waals surface area contributed by atoms with E-state index in [0.717, 1.165) is 25.9 Å². The van der Waals surface area contributed by atoms with Crippen molar-refractivity contribution in [2.45, 2.75) is 31.3 Å². The summed E-state index contributed by atoms with van der Waals surface area (Å²) in [5.74, 6) is 0. The summed E-state index contributed by atoms with van der Waals surface area (Å²) in [6.45, 7) is 2.96. The summed E-state index contributed by atoms with van der Waals surface area (Å²) in [4.78, 5) is 2.40. The second-order valence-electron chi connectivity index (χ2n) is 4.92. The molecule has 1 saturated heterocycles. The smallest absolute Gasteiger partial charge is 0.211 e. The molecule has 1 aliphatic carbocycles. The highest BCUT2D eigenvalue weighted by Crippen LogP contribution is 2.24. The van der Waals surface area contributed by atoms with Crippen molar-refractivity contribution in [2.75, 3.05) is 32.4 Å². The molecule has 0 spiro atoms. The first kappa shape index (κ1) is 12.3. The van der Waals surface area contributed by atoms with E-state index >= 15 is 0 Å². The lowest BCUT2D eigenvalue weighted by Crippen LogP contribution is -2.51. The Bertz CT molecular complexity index is 336. The number of hydrogen-bond donors (Lipinski definition) is 1. The van der Waals surface area contributed by atoms with Gasteiger partial charge in [0.1, 0.15) is 0 Å². The van der Waals surface area contributed by atoms with Crippen LogP contribution in [0.3, 0.4) is 0 Å². The van der Waals surface area contributed by atoms with Gasteiger partial charge in [0, 0.05) is 38.3 Å². The molecule has 0 aromatic rings. The van der Waals surface area contributed by atoms with Gasteiger partial charge in [-0.1, -0.05) is 0 Å². The molecule has 0 aromatic carbocycles. The van der Waals surface area contributed by atoms with Gasteiger partial charge in [-0.05, 0) is 19.3 Å². The maximum Gasteiger partial charge on any atom is 0.211 e. The van der Waals surface area contributed by atoms with E-state index in [9.17, 15) is 8.42 Å². The van der Waals surface area contributed by atoms with Crippen LogP contribution in [-0.4, -0.2) is 62.1 Å². The third-order valence-corrected chi connectivity index (χ3v) is 5.01. The molecule has 0 amide bonds. The van der Waals surface area contributed by atoms with Crippen LogP contribution < -0.4 is 5.73 Å². The molecule has 1 heterocycles. The molecule has 2 rings (SSSR count). The van der Waals surface area contributed by atoms with Gasteiger partial charge in [-0.2, -0.15) is 4.31 Å². The summed E-state index contributed by atoms with van der Waals surface area (Å²) >= 11 is 0. The maximum absolute atomic E-state index is 11.4. The first-order valence-corrected chi connectivity index (χ1v) is 7.76. The van der Waals surface area contributed by atoms with Crippen LogP contribution in [-0.2, 0) is 10.0 Å². The van der Waals surface area contributed by atoms with E-state index in [4.69, 9.17) is 5.73 Å². The van der Waals surface area contributed by atoms with Crippen LogP contribution in [0.15, 0.2) is 0 Å². The Morgan fingerprint density at radius 2 is 1.75 bits per heavy atom. The lowest BCUT2D eigenvalue weighted by molar-refractivity contribution is 0.138. The van der Waals surface area contributed by atoms with Crippen LogP contribution in [0, 0.1) is 0 Å². The highest BCUT2D eigenvalue weighted by atomic mass is 32.2. The van der Waals surface area contributed by atoms with Crippen LogP contribution >= 0.6 is 0 Å². The summed E-state index contributed by atoms with van der Waals surface area (Å²) in [6.07, 6.45) is 4.63. The summed E-state index contributed by atoms with van der Waals surface area (Å²) in [5.41, 5.74) is 5.90. The fourth-order valence-electron chi connectivity index (χ4n) is 2.72. The summed E-state index contributed by atoms with van der Waals surface area (Å²) < 4.78 is 24.3. The van der Waals surface area contributed by atoms with Gasteiger partial charge >= 0.3 is 0 Å². The Labute approximate surface area is 97.6 Å². The van der Waals surface area contributed by atoms with Crippen molar-refractivity contribution in [2.24, 2.45) is 5.73 Å². The van der Waals surface area contributed by atoms with E-state index in [-0.39, 0.29) is 0 Å². The molecular weight excluding hydrogens is 226 g/mol. The molecular formula is C10H21N3O2S. The molecule has 2 unspecified atom stereocenters. The minimum atomic E-state index is -3.00. The van der Waals surface area contributed by atoms with Gasteiger partial charge in [-0.25, -0.2) is 8.42 Å². The average Bonchev–Trinajstić information content (AvgIpc) is 2.64. The molecule has 94 valence electrons. The third-order valence-electron chi connectivity index (χ3n) is 3.70. The molecule has 0 radical (unpaired) electrons. The summed E-state index contributed by atoms with van der Waals surface area (Å²) in [6, 6.07) is 0.926. The highest BCUT2D eigenvalue weighted by molar-refractivity contribution is 7.88. The highest BCUT2D eigenvalue weighted by Gasteiger charge is 2.31. The van der Waals surface area contributed by atoms with Gasteiger partial charge in [0.25, 0.3) is 0 Å². The Balaban J connectivity index is 1.86. The maximum atomic E-state index is 11.4. The predicted molar refractivity (Wildman–Crippen MR) is 63.6 cm³/mol. The van der Waals surface area contributed by atoms with Crippen molar-refractivity contribution >= 4 is 10.0 Å². The molecule has 6 heteroatoms.